The first-order chi connectivity index (χ1) is 10.6. The molecule has 0 heterocycles. The predicted octanol–water partition coefficient (Wildman–Crippen LogP) is 2.00. The molecule has 7 N–H and O–H groups in total. The first-order valence-corrected chi connectivity index (χ1v) is 6.71. The van der Waals surface area contributed by atoms with Crippen LogP contribution in [0.4, 0.5) is 5.69 Å². The summed E-state index contributed by atoms with van der Waals surface area (Å²) in [6.45, 7) is 0. The lowest BCUT2D eigenvalue weighted by molar-refractivity contribution is 0.102. The van der Waals surface area contributed by atoms with Crippen LogP contribution in [0.2, 0.25) is 0 Å². The van der Waals surface area contributed by atoms with Crippen molar-refractivity contribution in [2.75, 3.05) is 5.32 Å². The Morgan fingerprint density at radius 3 is 2.23 bits per heavy atom. The molecule has 0 radical (unpaired) electrons. The minimum Gasteiger partial charge on any atom is -0.398 e. The Kier molecular flexibility index (Phi) is 4.82. The van der Waals surface area contributed by atoms with Crippen LogP contribution >= 0.6 is 0 Å². The van der Waals surface area contributed by atoms with Crippen molar-refractivity contribution >= 4 is 17.3 Å². The second-order valence-corrected chi connectivity index (χ2v) is 4.69. The monoisotopic (exact) mass is 294 g/mol. The van der Waals surface area contributed by atoms with Gasteiger partial charge in [0.1, 0.15) is 0 Å². The van der Waals surface area contributed by atoms with Gasteiger partial charge in [0.15, 0.2) is 0 Å². The molecule has 5 nitrogen and oxygen atoms in total. The van der Waals surface area contributed by atoms with Crippen LogP contribution in [0.3, 0.4) is 0 Å². The second-order valence-electron chi connectivity index (χ2n) is 4.69. The van der Waals surface area contributed by atoms with Gasteiger partial charge in [-0.05, 0) is 42.0 Å². The summed E-state index contributed by atoms with van der Waals surface area (Å²) in [6.07, 6.45) is 3.11. The maximum absolute atomic E-state index is 12.2. The number of rotatable bonds is 4. The zero-order valence-electron chi connectivity index (χ0n) is 12.0. The van der Waals surface area contributed by atoms with E-state index >= 15 is 0 Å². The number of hydrogen-bond acceptors (Lipinski definition) is 4. The van der Waals surface area contributed by atoms with Gasteiger partial charge in [0.05, 0.1) is 5.82 Å². The maximum Gasteiger partial charge on any atom is 0.255 e. The fourth-order valence-electron chi connectivity index (χ4n) is 1.85. The summed E-state index contributed by atoms with van der Waals surface area (Å²) < 4.78 is 0. The third kappa shape index (κ3) is 4.14. The molecule has 0 aliphatic rings. The minimum absolute atomic E-state index is 0.168. The SMILES string of the molecule is NC(N)=C/C=C(\N)c1cccc(C(=O)Nc2ccccc2)c1. The number of nitrogens with one attached hydrogen (secondary N) is 1. The van der Waals surface area contributed by atoms with E-state index in [1.54, 1.807) is 24.3 Å². The molecule has 0 unspecified atom stereocenters. The van der Waals surface area contributed by atoms with E-state index in [9.17, 15) is 4.79 Å². The highest BCUT2D eigenvalue weighted by Gasteiger charge is 2.07. The van der Waals surface area contributed by atoms with Crippen LogP contribution in [0, 0.1) is 0 Å². The molecule has 0 saturated carbocycles. The number of carbonyl (C=O) groups excluding carboxylic acids is 1. The van der Waals surface area contributed by atoms with Crippen molar-refractivity contribution < 1.29 is 4.79 Å². The fraction of sp³-hybridized carbons (Fsp3) is 0. The predicted molar refractivity (Wildman–Crippen MR) is 89.5 cm³/mol. The highest BCUT2D eigenvalue weighted by molar-refractivity contribution is 6.04. The summed E-state index contributed by atoms with van der Waals surface area (Å²) in [7, 11) is 0. The van der Waals surface area contributed by atoms with Crippen molar-refractivity contribution in [1.29, 1.82) is 0 Å². The molecule has 0 bridgehead atoms. The molecule has 5 heteroatoms. The lowest BCUT2D eigenvalue weighted by atomic mass is 10.1. The van der Waals surface area contributed by atoms with E-state index in [4.69, 9.17) is 17.2 Å². The van der Waals surface area contributed by atoms with Crippen molar-refractivity contribution in [2.24, 2.45) is 17.2 Å². The van der Waals surface area contributed by atoms with Crippen LogP contribution < -0.4 is 22.5 Å². The number of anilines is 1. The lowest BCUT2D eigenvalue weighted by Crippen LogP contribution is -2.12. The Bertz CT molecular complexity index is 716. The molecular weight excluding hydrogens is 276 g/mol. The number of benzene rings is 2. The first kappa shape index (κ1) is 15.2. The third-order valence-electron chi connectivity index (χ3n) is 2.95. The summed E-state index contributed by atoms with van der Waals surface area (Å²) in [5.41, 5.74) is 19.1. The van der Waals surface area contributed by atoms with E-state index in [0.717, 1.165) is 11.3 Å². The molecule has 0 aliphatic carbocycles. The molecule has 0 saturated heterocycles. The number of nitrogens with two attached hydrogens (primary N) is 3. The van der Waals surface area contributed by atoms with Gasteiger partial charge in [0, 0.05) is 16.9 Å². The number of allylic oxidation sites excluding steroid dienone is 2. The largest absolute Gasteiger partial charge is 0.398 e. The van der Waals surface area contributed by atoms with E-state index in [1.165, 1.54) is 6.08 Å². The van der Waals surface area contributed by atoms with Gasteiger partial charge in [0.2, 0.25) is 0 Å². The normalized spacial score (nSPS) is 10.8. The number of amides is 1. The maximum atomic E-state index is 12.2. The van der Waals surface area contributed by atoms with Crippen LogP contribution in [0.5, 0.6) is 0 Å². The van der Waals surface area contributed by atoms with Crippen LogP contribution in [0.25, 0.3) is 5.70 Å². The Morgan fingerprint density at radius 1 is 0.864 bits per heavy atom. The van der Waals surface area contributed by atoms with Crippen molar-refractivity contribution in [2.45, 2.75) is 0 Å². The second kappa shape index (κ2) is 6.99. The van der Waals surface area contributed by atoms with Crippen molar-refractivity contribution in [3.8, 4) is 0 Å². The van der Waals surface area contributed by atoms with Crippen molar-refractivity contribution in [1.82, 2.24) is 0 Å². The van der Waals surface area contributed by atoms with E-state index in [0.29, 0.717) is 11.3 Å². The molecule has 2 aromatic carbocycles. The van der Waals surface area contributed by atoms with Crippen LogP contribution in [0.15, 0.2) is 72.6 Å². The van der Waals surface area contributed by atoms with Crippen LogP contribution in [-0.2, 0) is 0 Å². The quantitative estimate of drug-likeness (QED) is 0.647. The summed E-state index contributed by atoms with van der Waals surface area (Å²) in [4.78, 5) is 12.2. The smallest absolute Gasteiger partial charge is 0.255 e. The minimum atomic E-state index is -0.199. The summed E-state index contributed by atoms with van der Waals surface area (Å²) in [5, 5.41) is 2.82. The average molecular weight is 294 g/mol. The molecule has 0 atom stereocenters. The Hall–Kier alpha value is -3.21. The summed E-state index contributed by atoms with van der Waals surface area (Å²) in [6, 6.07) is 16.3. The fourth-order valence-corrected chi connectivity index (χ4v) is 1.85. The van der Waals surface area contributed by atoms with Gasteiger partial charge in [-0.25, -0.2) is 0 Å². The summed E-state index contributed by atoms with van der Waals surface area (Å²) in [5.74, 6) is -0.0318. The number of hydrogen-bond donors (Lipinski definition) is 4. The molecular formula is C17H18N4O. The third-order valence-corrected chi connectivity index (χ3v) is 2.95. The molecule has 0 aliphatic heterocycles. The molecule has 112 valence electrons. The number of carbonyl (C=O) groups is 1. The number of para-hydroxylation sites is 1. The van der Waals surface area contributed by atoms with Crippen LogP contribution in [0.1, 0.15) is 15.9 Å². The lowest BCUT2D eigenvalue weighted by Gasteiger charge is -2.07. The Morgan fingerprint density at radius 2 is 1.55 bits per heavy atom. The highest BCUT2D eigenvalue weighted by Crippen LogP contribution is 2.14. The standard InChI is InChI=1S/C17H18N4O/c18-15(9-10-16(19)20)12-5-4-6-13(11-12)17(22)21-14-7-2-1-3-8-14/h1-11H,18-20H2,(H,21,22)/b15-9-. The van der Waals surface area contributed by atoms with E-state index in [2.05, 4.69) is 5.32 Å². The zero-order chi connectivity index (χ0) is 15.9. The molecule has 22 heavy (non-hydrogen) atoms. The molecule has 0 fully saturated rings. The first-order valence-electron chi connectivity index (χ1n) is 6.71. The molecule has 0 aromatic heterocycles. The molecule has 0 spiro atoms. The van der Waals surface area contributed by atoms with E-state index in [-0.39, 0.29) is 11.7 Å². The van der Waals surface area contributed by atoms with Crippen molar-refractivity contribution in [3.63, 3.8) is 0 Å². The van der Waals surface area contributed by atoms with E-state index in [1.807, 2.05) is 36.4 Å². The van der Waals surface area contributed by atoms with Gasteiger partial charge in [-0.2, -0.15) is 0 Å². The van der Waals surface area contributed by atoms with Crippen LogP contribution in [-0.4, -0.2) is 5.91 Å². The Balaban J connectivity index is 2.19. The molecule has 2 rings (SSSR count). The van der Waals surface area contributed by atoms with Gasteiger partial charge in [0.25, 0.3) is 5.91 Å². The van der Waals surface area contributed by atoms with Gasteiger partial charge < -0.3 is 22.5 Å². The molecule has 1 amide bonds. The average Bonchev–Trinajstić information content (AvgIpc) is 2.53. The van der Waals surface area contributed by atoms with Gasteiger partial charge in [-0.3, -0.25) is 4.79 Å². The van der Waals surface area contributed by atoms with Gasteiger partial charge in [-0.15, -0.1) is 0 Å². The van der Waals surface area contributed by atoms with Crippen molar-refractivity contribution in [3.05, 3.63) is 83.7 Å². The van der Waals surface area contributed by atoms with Gasteiger partial charge >= 0.3 is 0 Å². The van der Waals surface area contributed by atoms with E-state index < -0.39 is 0 Å². The molecule has 2 aromatic rings. The zero-order valence-corrected chi connectivity index (χ0v) is 12.0. The Labute approximate surface area is 129 Å². The summed E-state index contributed by atoms with van der Waals surface area (Å²) >= 11 is 0. The van der Waals surface area contributed by atoms with Gasteiger partial charge in [-0.1, -0.05) is 30.3 Å². The topological polar surface area (TPSA) is 107 Å². The highest BCUT2D eigenvalue weighted by atomic mass is 16.1.